The number of para-hydroxylation sites is 1. The number of nitrogens with zero attached hydrogens (tertiary/aromatic N) is 1. The summed E-state index contributed by atoms with van der Waals surface area (Å²) in [5.41, 5.74) is 8.93. The fourth-order valence-corrected chi connectivity index (χ4v) is 3.72. The van der Waals surface area contributed by atoms with Crippen LogP contribution in [0.4, 0.5) is 0 Å². The Morgan fingerprint density at radius 1 is 1.25 bits per heavy atom. The van der Waals surface area contributed by atoms with Gasteiger partial charge in [0.25, 0.3) is 5.91 Å². The number of carbonyl (C=O) groups is 2. The highest BCUT2D eigenvalue weighted by Crippen LogP contribution is 2.38. The SMILES string of the molecule is C[C@H]1CC(=Cc2ccco2)c2nc3ccccc3c(C(=O)OCC(N)=O)c2C1. The van der Waals surface area contributed by atoms with Crippen LogP contribution in [0.5, 0.6) is 0 Å². The second-order valence-electron chi connectivity index (χ2n) is 7.07. The molecule has 0 spiro atoms. The number of esters is 1. The number of hydrogen-bond donors (Lipinski definition) is 1. The van der Waals surface area contributed by atoms with Crippen molar-refractivity contribution < 1.29 is 18.7 Å². The van der Waals surface area contributed by atoms with Crippen molar-refractivity contribution in [3.05, 3.63) is 65.2 Å². The molecule has 0 radical (unpaired) electrons. The molecule has 1 atom stereocenters. The minimum absolute atomic E-state index is 0.319. The Kier molecular flexibility index (Phi) is 4.69. The standard InChI is InChI=1S/C22H20N2O4/c1-13-9-14(11-15-5-4-8-27-15)21-17(10-13)20(22(26)28-12-19(23)25)16-6-2-3-7-18(16)24-21/h2-8,11,13H,9-10,12H2,1H3,(H2,23,25)/t13-/m0/s1. The molecule has 0 fully saturated rings. The van der Waals surface area contributed by atoms with E-state index in [1.807, 2.05) is 42.5 Å². The predicted octanol–water partition coefficient (Wildman–Crippen LogP) is 3.59. The molecule has 6 nitrogen and oxygen atoms in total. The molecule has 0 saturated carbocycles. The van der Waals surface area contributed by atoms with Crippen molar-refractivity contribution in [3.63, 3.8) is 0 Å². The van der Waals surface area contributed by atoms with Gasteiger partial charge in [-0.15, -0.1) is 0 Å². The topological polar surface area (TPSA) is 95.4 Å². The van der Waals surface area contributed by atoms with Gasteiger partial charge in [-0.05, 0) is 54.2 Å². The number of carbonyl (C=O) groups excluding carboxylic acids is 2. The highest BCUT2D eigenvalue weighted by Gasteiger charge is 2.29. The average Bonchev–Trinajstić information content (AvgIpc) is 3.17. The molecular weight excluding hydrogens is 356 g/mol. The van der Waals surface area contributed by atoms with Gasteiger partial charge in [-0.2, -0.15) is 0 Å². The van der Waals surface area contributed by atoms with Gasteiger partial charge in [0, 0.05) is 5.39 Å². The normalized spacial score (nSPS) is 17.5. The molecule has 142 valence electrons. The molecule has 2 heterocycles. The molecule has 1 aliphatic rings. The van der Waals surface area contributed by atoms with Gasteiger partial charge in [-0.25, -0.2) is 9.78 Å². The maximum Gasteiger partial charge on any atom is 0.339 e. The maximum absolute atomic E-state index is 12.9. The Morgan fingerprint density at radius 2 is 2.07 bits per heavy atom. The molecule has 2 aromatic heterocycles. The molecule has 0 unspecified atom stereocenters. The summed E-state index contributed by atoms with van der Waals surface area (Å²) in [5, 5.41) is 0.710. The van der Waals surface area contributed by atoms with E-state index in [4.69, 9.17) is 19.9 Å². The van der Waals surface area contributed by atoms with Gasteiger partial charge in [0.1, 0.15) is 5.76 Å². The van der Waals surface area contributed by atoms with Crippen LogP contribution in [0, 0.1) is 5.92 Å². The molecule has 4 rings (SSSR count). The summed E-state index contributed by atoms with van der Waals surface area (Å²) in [5.74, 6) is -0.185. The third kappa shape index (κ3) is 3.41. The molecular formula is C22H20N2O4. The molecule has 0 bridgehead atoms. The summed E-state index contributed by atoms with van der Waals surface area (Å²) in [6.07, 6.45) is 5.12. The first-order valence-corrected chi connectivity index (χ1v) is 9.14. The monoisotopic (exact) mass is 376 g/mol. The van der Waals surface area contributed by atoms with Crippen molar-refractivity contribution in [2.24, 2.45) is 11.7 Å². The third-order valence-electron chi connectivity index (χ3n) is 4.83. The summed E-state index contributed by atoms with van der Waals surface area (Å²) in [4.78, 5) is 28.8. The van der Waals surface area contributed by atoms with E-state index >= 15 is 0 Å². The summed E-state index contributed by atoms with van der Waals surface area (Å²) < 4.78 is 10.6. The van der Waals surface area contributed by atoms with E-state index in [1.54, 1.807) is 6.26 Å². The first-order valence-electron chi connectivity index (χ1n) is 9.14. The van der Waals surface area contributed by atoms with Crippen molar-refractivity contribution in [1.82, 2.24) is 4.98 Å². The number of rotatable bonds is 4. The van der Waals surface area contributed by atoms with Crippen LogP contribution in [0.15, 0.2) is 47.1 Å². The fraction of sp³-hybridized carbons (Fsp3) is 0.227. The number of benzene rings is 1. The fourth-order valence-electron chi connectivity index (χ4n) is 3.72. The van der Waals surface area contributed by atoms with E-state index in [0.717, 1.165) is 29.0 Å². The van der Waals surface area contributed by atoms with E-state index in [1.165, 1.54) is 0 Å². The Labute approximate surface area is 162 Å². The zero-order valence-electron chi connectivity index (χ0n) is 15.5. The van der Waals surface area contributed by atoms with Gasteiger partial charge in [0.15, 0.2) is 6.61 Å². The third-order valence-corrected chi connectivity index (χ3v) is 4.83. The molecule has 28 heavy (non-hydrogen) atoms. The number of ether oxygens (including phenoxy) is 1. The first kappa shape index (κ1) is 18.0. The van der Waals surface area contributed by atoms with Gasteiger partial charge in [0.2, 0.25) is 0 Å². The van der Waals surface area contributed by atoms with Gasteiger partial charge in [-0.3, -0.25) is 4.79 Å². The van der Waals surface area contributed by atoms with E-state index in [9.17, 15) is 9.59 Å². The first-order chi connectivity index (χ1) is 13.5. The van der Waals surface area contributed by atoms with Crippen molar-refractivity contribution >= 4 is 34.4 Å². The lowest BCUT2D eigenvalue weighted by Gasteiger charge is -2.26. The number of primary amides is 1. The minimum atomic E-state index is -0.688. The average molecular weight is 376 g/mol. The Morgan fingerprint density at radius 3 is 2.82 bits per heavy atom. The van der Waals surface area contributed by atoms with Crippen LogP contribution in [0.25, 0.3) is 22.6 Å². The zero-order valence-corrected chi connectivity index (χ0v) is 15.5. The van der Waals surface area contributed by atoms with Gasteiger partial charge < -0.3 is 14.9 Å². The number of fused-ring (bicyclic) bond motifs is 2. The van der Waals surface area contributed by atoms with Crippen LogP contribution < -0.4 is 5.73 Å². The van der Waals surface area contributed by atoms with Crippen molar-refractivity contribution in [3.8, 4) is 0 Å². The molecule has 1 aromatic carbocycles. The van der Waals surface area contributed by atoms with E-state index in [-0.39, 0.29) is 0 Å². The number of aromatic nitrogens is 1. The summed E-state index contributed by atoms with van der Waals surface area (Å²) >= 11 is 0. The predicted molar refractivity (Wildman–Crippen MR) is 105 cm³/mol. The molecule has 0 aliphatic heterocycles. The summed E-state index contributed by atoms with van der Waals surface area (Å²) in [6, 6.07) is 11.2. The lowest BCUT2D eigenvalue weighted by Crippen LogP contribution is -2.23. The Bertz CT molecular complexity index is 1080. The zero-order chi connectivity index (χ0) is 19.7. The molecule has 2 N–H and O–H groups in total. The number of furan rings is 1. The number of hydrogen-bond acceptors (Lipinski definition) is 5. The lowest BCUT2D eigenvalue weighted by molar-refractivity contribution is -0.121. The molecule has 0 saturated heterocycles. The smallest absolute Gasteiger partial charge is 0.339 e. The minimum Gasteiger partial charge on any atom is -0.465 e. The number of allylic oxidation sites excluding steroid dienone is 1. The summed E-state index contributed by atoms with van der Waals surface area (Å²) in [7, 11) is 0. The molecule has 1 aliphatic carbocycles. The Balaban J connectivity index is 1.92. The number of amides is 1. The van der Waals surface area contributed by atoms with Crippen LogP contribution >= 0.6 is 0 Å². The van der Waals surface area contributed by atoms with Crippen LogP contribution in [-0.2, 0) is 16.0 Å². The van der Waals surface area contributed by atoms with Crippen LogP contribution in [0.1, 0.15) is 40.7 Å². The van der Waals surface area contributed by atoms with E-state index in [2.05, 4.69) is 6.92 Å². The largest absolute Gasteiger partial charge is 0.465 e. The quantitative estimate of drug-likeness (QED) is 0.702. The van der Waals surface area contributed by atoms with Crippen molar-refractivity contribution in [2.45, 2.75) is 19.8 Å². The highest BCUT2D eigenvalue weighted by molar-refractivity contribution is 6.07. The van der Waals surface area contributed by atoms with Gasteiger partial charge >= 0.3 is 5.97 Å². The number of pyridine rings is 1. The maximum atomic E-state index is 12.9. The van der Waals surface area contributed by atoms with Crippen LogP contribution in [0.2, 0.25) is 0 Å². The van der Waals surface area contributed by atoms with E-state index in [0.29, 0.717) is 28.8 Å². The second-order valence-corrected chi connectivity index (χ2v) is 7.07. The van der Waals surface area contributed by atoms with E-state index < -0.39 is 18.5 Å². The lowest BCUT2D eigenvalue weighted by atomic mass is 9.81. The van der Waals surface area contributed by atoms with Crippen molar-refractivity contribution in [1.29, 1.82) is 0 Å². The van der Waals surface area contributed by atoms with Crippen LogP contribution in [-0.4, -0.2) is 23.5 Å². The molecule has 1 amide bonds. The number of nitrogens with two attached hydrogens (primary N) is 1. The Hall–Kier alpha value is -3.41. The molecule has 3 aromatic rings. The van der Waals surface area contributed by atoms with Gasteiger partial charge in [-0.1, -0.05) is 25.1 Å². The second kappa shape index (κ2) is 7.31. The molecule has 6 heteroatoms. The summed E-state index contributed by atoms with van der Waals surface area (Å²) in [6.45, 7) is 1.68. The van der Waals surface area contributed by atoms with Gasteiger partial charge in [0.05, 0.1) is 23.0 Å². The van der Waals surface area contributed by atoms with Crippen LogP contribution in [0.3, 0.4) is 0 Å². The highest BCUT2D eigenvalue weighted by atomic mass is 16.5. The van der Waals surface area contributed by atoms with Crippen molar-refractivity contribution in [2.75, 3.05) is 6.61 Å².